The smallest absolute Gasteiger partial charge is 0.251 e. The van der Waals surface area contributed by atoms with Gasteiger partial charge in [-0.25, -0.2) is 4.98 Å². The van der Waals surface area contributed by atoms with E-state index in [1.54, 1.807) is 31.5 Å². The van der Waals surface area contributed by atoms with Crippen LogP contribution < -0.4 is 15.0 Å². The zero-order chi connectivity index (χ0) is 18.4. The Balaban J connectivity index is 1.42. The molecule has 1 fully saturated rings. The first-order valence-corrected chi connectivity index (χ1v) is 9.04. The number of pyridine rings is 1. The summed E-state index contributed by atoms with van der Waals surface area (Å²) in [6.45, 7) is 5.11. The Kier molecular flexibility index (Phi) is 6.30. The van der Waals surface area contributed by atoms with Crippen LogP contribution in [-0.4, -0.2) is 62.2 Å². The second-order valence-electron chi connectivity index (χ2n) is 6.15. The Hall–Kier alpha value is -2.31. The van der Waals surface area contributed by atoms with E-state index < -0.39 is 0 Å². The van der Waals surface area contributed by atoms with E-state index in [0.29, 0.717) is 22.9 Å². The van der Waals surface area contributed by atoms with Crippen LogP contribution in [0, 0.1) is 0 Å². The fraction of sp³-hybridized carbons (Fsp3) is 0.368. The van der Waals surface area contributed by atoms with Crippen molar-refractivity contribution in [2.45, 2.75) is 0 Å². The minimum absolute atomic E-state index is 0.0781. The lowest BCUT2D eigenvalue weighted by Crippen LogP contribution is -2.48. The van der Waals surface area contributed by atoms with Gasteiger partial charge in [0.05, 0.1) is 7.11 Å². The van der Waals surface area contributed by atoms with Crippen LogP contribution in [0.1, 0.15) is 10.4 Å². The number of aromatic nitrogens is 1. The number of piperazine rings is 1. The van der Waals surface area contributed by atoms with Crippen LogP contribution in [0.4, 0.5) is 5.82 Å². The molecule has 1 N–H and O–H groups in total. The highest BCUT2D eigenvalue weighted by Gasteiger charge is 2.18. The molecule has 0 radical (unpaired) electrons. The van der Waals surface area contributed by atoms with E-state index >= 15 is 0 Å². The molecule has 1 aromatic carbocycles. The van der Waals surface area contributed by atoms with Crippen LogP contribution in [0.15, 0.2) is 42.6 Å². The van der Waals surface area contributed by atoms with E-state index in [1.165, 1.54) is 0 Å². The predicted octanol–water partition coefficient (Wildman–Crippen LogP) is 2.30. The molecular weight excluding hydrogens is 352 g/mol. The number of halogens is 1. The summed E-state index contributed by atoms with van der Waals surface area (Å²) in [5.74, 6) is 1.53. The molecule has 1 amide bonds. The summed E-state index contributed by atoms with van der Waals surface area (Å²) in [4.78, 5) is 21.2. The fourth-order valence-corrected chi connectivity index (χ4v) is 3.11. The predicted molar refractivity (Wildman–Crippen MR) is 103 cm³/mol. The number of nitrogens with zero attached hydrogens (tertiary/aromatic N) is 3. The molecule has 138 valence electrons. The molecule has 0 atom stereocenters. The summed E-state index contributed by atoms with van der Waals surface area (Å²) in [6.07, 6.45) is 1.73. The number of hydrogen-bond acceptors (Lipinski definition) is 5. The summed E-state index contributed by atoms with van der Waals surface area (Å²) in [5.41, 5.74) is 0.612. The van der Waals surface area contributed by atoms with Crippen molar-refractivity contribution in [3.8, 4) is 5.75 Å². The zero-order valence-corrected chi connectivity index (χ0v) is 15.6. The number of benzene rings is 1. The Morgan fingerprint density at radius 3 is 2.77 bits per heavy atom. The van der Waals surface area contributed by atoms with Gasteiger partial charge in [0.2, 0.25) is 0 Å². The van der Waals surface area contributed by atoms with E-state index in [-0.39, 0.29) is 5.91 Å². The van der Waals surface area contributed by atoms with Gasteiger partial charge in [-0.2, -0.15) is 0 Å². The number of hydrogen-bond donors (Lipinski definition) is 1. The molecule has 3 rings (SSSR count). The van der Waals surface area contributed by atoms with Gasteiger partial charge >= 0.3 is 0 Å². The molecular formula is C19H23ClN4O2. The van der Waals surface area contributed by atoms with E-state index in [2.05, 4.69) is 20.1 Å². The molecule has 1 aliphatic heterocycles. The summed E-state index contributed by atoms with van der Waals surface area (Å²) in [5, 5.41) is 3.67. The van der Waals surface area contributed by atoms with Crippen LogP contribution in [0.5, 0.6) is 5.75 Å². The zero-order valence-electron chi connectivity index (χ0n) is 14.8. The first kappa shape index (κ1) is 18.5. The van der Waals surface area contributed by atoms with Crippen molar-refractivity contribution in [1.82, 2.24) is 15.2 Å². The third-order valence-corrected chi connectivity index (χ3v) is 4.68. The van der Waals surface area contributed by atoms with Crippen molar-refractivity contribution in [3.63, 3.8) is 0 Å². The minimum Gasteiger partial charge on any atom is -0.497 e. The average molecular weight is 375 g/mol. The molecule has 6 nitrogen and oxygen atoms in total. The molecule has 2 heterocycles. The first-order valence-electron chi connectivity index (χ1n) is 8.67. The maximum Gasteiger partial charge on any atom is 0.251 e. The van der Waals surface area contributed by atoms with Crippen LogP contribution in [0.2, 0.25) is 5.02 Å². The summed E-state index contributed by atoms with van der Waals surface area (Å²) >= 11 is 6.04. The van der Waals surface area contributed by atoms with Gasteiger partial charge in [-0.3, -0.25) is 9.69 Å². The number of nitrogens with one attached hydrogen (secondary N) is 1. The highest BCUT2D eigenvalue weighted by atomic mass is 35.5. The lowest BCUT2D eigenvalue weighted by atomic mass is 10.2. The van der Waals surface area contributed by atoms with Crippen LogP contribution in [0.25, 0.3) is 0 Å². The van der Waals surface area contributed by atoms with E-state index in [1.807, 2.05) is 18.2 Å². The third kappa shape index (κ3) is 4.86. The Morgan fingerprint density at radius 2 is 2.04 bits per heavy atom. The number of anilines is 1. The second-order valence-corrected chi connectivity index (χ2v) is 6.59. The van der Waals surface area contributed by atoms with E-state index in [4.69, 9.17) is 16.3 Å². The Morgan fingerprint density at radius 1 is 1.23 bits per heavy atom. The van der Waals surface area contributed by atoms with E-state index in [9.17, 15) is 4.79 Å². The van der Waals surface area contributed by atoms with Crippen molar-refractivity contribution in [3.05, 3.63) is 53.2 Å². The molecule has 1 aliphatic rings. The fourth-order valence-electron chi connectivity index (χ4n) is 2.96. The highest BCUT2D eigenvalue weighted by Crippen LogP contribution is 2.17. The number of rotatable bonds is 6. The lowest BCUT2D eigenvalue weighted by Gasteiger charge is -2.35. The number of amides is 1. The molecule has 7 heteroatoms. The minimum atomic E-state index is -0.0781. The molecule has 26 heavy (non-hydrogen) atoms. The molecule has 0 saturated carbocycles. The van der Waals surface area contributed by atoms with Crippen LogP contribution >= 0.6 is 11.6 Å². The molecule has 1 saturated heterocycles. The number of methoxy groups -OCH3 is 1. The van der Waals surface area contributed by atoms with Gasteiger partial charge in [0.25, 0.3) is 5.91 Å². The van der Waals surface area contributed by atoms with Gasteiger partial charge in [0, 0.05) is 56.1 Å². The lowest BCUT2D eigenvalue weighted by molar-refractivity contribution is 0.0947. The normalized spacial score (nSPS) is 14.9. The number of ether oxygens (including phenoxy) is 1. The van der Waals surface area contributed by atoms with Crippen molar-refractivity contribution >= 4 is 23.3 Å². The van der Waals surface area contributed by atoms with Gasteiger partial charge in [-0.05, 0) is 30.3 Å². The van der Waals surface area contributed by atoms with Crippen LogP contribution in [-0.2, 0) is 0 Å². The summed E-state index contributed by atoms with van der Waals surface area (Å²) < 4.78 is 5.15. The van der Waals surface area contributed by atoms with Gasteiger partial charge in [0.15, 0.2) is 0 Å². The van der Waals surface area contributed by atoms with E-state index in [0.717, 1.165) is 38.5 Å². The quantitative estimate of drug-likeness (QED) is 0.840. The van der Waals surface area contributed by atoms with Crippen molar-refractivity contribution in [1.29, 1.82) is 0 Å². The summed E-state index contributed by atoms with van der Waals surface area (Å²) in [6, 6.07) is 10.8. The molecule has 0 bridgehead atoms. The van der Waals surface area contributed by atoms with Gasteiger partial charge in [-0.15, -0.1) is 0 Å². The highest BCUT2D eigenvalue weighted by molar-refractivity contribution is 6.30. The first-order chi connectivity index (χ1) is 12.7. The number of carbonyl (C=O) groups is 1. The van der Waals surface area contributed by atoms with Gasteiger partial charge in [-0.1, -0.05) is 17.7 Å². The van der Waals surface area contributed by atoms with Gasteiger partial charge < -0.3 is 15.0 Å². The Labute approximate surface area is 158 Å². The maximum atomic E-state index is 12.2. The SMILES string of the molecule is COc1cccc(C(=O)NCCN2CCN(c3cc(Cl)ccn3)CC2)c1. The summed E-state index contributed by atoms with van der Waals surface area (Å²) in [7, 11) is 1.59. The largest absolute Gasteiger partial charge is 0.497 e. The van der Waals surface area contributed by atoms with Crippen molar-refractivity contribution in [2.75, 3.05) is 51.3 Å². The molecule has 0 aliphatic carbocycles. The molecule has 1 aromatic heterocycles. The number of carbonyl (C=O) groups excluding carboxylic acids is 1. The maximum absolute atomic E-state index is 12.2. The third-order valence-electron chi connectivity index (χ3n) is 4.45. The van der Waals surface area contributed by atoms with Gasteiger partial charge in [0.1, 0.15) is 11.6 Å². The molecule has 0 spiro atoms. The average Bonchev–Trinajstić information content (AvgIpc) is 2.68. The second kappa shape index (κ2) is 8.87. The van der Waals surface area contributed by atoms with Crippen LogP contribution in [0.3, 0.4) is 0 Å². The molecule has 2 aromatic rings. The monoisotopic (exact) mass is 374 g/mol. The standard InChI is InChI=1S/C19H23ClN4O2/c1-26-17-4-2-3-15(13-17)19(25)22-7-8-23-9-11-24(12-10-23)18-14-16(20)5-6-21-18/h2-6,13-14H,7-12H2,1H3,(H,22,25). The molecule has 0 unspecified atom stereocenters. The van der Waals surface area contributed by atoms with Crippen molar-refractivity contribution < 1.29 is 9.53 Å². The Bertz CT molecular complexity index is 748. The topological polar surface area (TPSA) is 57.7 Å². The van der Waals surface area contributed by atoms with Crippen molar-refractivity contribution in [2.24, 2.45) is 0 Å².